The Morgan fingerprint density at radius 2 is 2.29 bits per heavy atom. The summed E-state index contributed by atoms with van der Waals surface area (Å²) in [5, 5.41) is 2.97. The van der Waals surface area contributed by atoms with Crippen molar-refractivity contribution >= 4 is 12.0 Å². The Bertz CT molecular complexity index is 555. The quantitative estimate of drug-likeness (QED) is 0.659. The highest BCUT2D eigenvalue weighted by molar-refractivity contribution is 5.91. The van der Waals surface area contributed by atoms with Crippen LogP contribution in [0.4, 0.5) is 0 Å². The van der Waals surface area contributed by atoms with Crippen molar-refractivity contribution in [3.05, 3.63) is 41.9 Å². The van der Waals surface area contributed by atoms with Crippen LogP contribution in [-0.4, -0.2) is 12.5 Å². The molecule has 3 rings (SSSR count). The topological polar surface area (TPSA) is 42.2 Å². The predicted molar refractivity (Wildman–Crippen MR) is 83.8 cm³/mol. The third-order valence-electron chi connectivity index (χ3n) is 4.46. The number of hydrogen-bond acceptors (Lipinski definition) is 2. The molecule has 1 saturated carbocycles. The van der Waals surface area contributed by atoms with Crippen LogP contribution < -0.4 is 5.32 Å². The van der Waals surface area contributed by atoms with Gasteiger partial charge in [-0.25, -0.2) is 0 Å². The highest BCUT2D eigenvalue weighted by atomic mass is 16.3. The van der Waals surface area contributed by atoms with E-state index >= 15 is 0 Å². The number of nitrogens with one attached hydrogen (secondary N) is 1. The molecule has 3 nitrogen and oxygen atoms in total. The van der Waals surface area contributed by atoms with Gasteiger partial charge in [-0.05, 0) is 55.7 Å². The number of carbonyl (C=O) groups is 1. The van der Waals surface area contributed by atoms with Crippen LogP contribution in [0.15, 0.2) is 34.8 Å². The van der Waals surface area contributed by atoms with Crippen molar-refractivity contribution in [2.24, 2.45) is 11.8 Å². The van der Waals surface area contributed by atoms with Crippen LogP contribution in [-0.2, 0) is 4.79 Å². The Morgan fingerprint density at radius 1 is 1.43 bits per heavy atom. The molecule has 0 spiro atoms. The third-order valence-corrected chi connectivity index (χ3v) is 4.46. The largest absolute Gasteiger partial charge is 0.461 e. The first kappa shape index (κ1) is 14.2. The Labute approximate surface area is 126 Å². The summed E-state index contributed by atoms with van der Waals surface area (Å²) in [6.45, 7) is 2.99. The normalized spacial score (nSPS) is 28.0. The summed E-state index contributed by atoms with van der Waals surface area (Å²) in [6.07, 6.45) is 12.3. The van der Waals surface area contributed by atoms with Crippen molar-refractivity contribution in [1.29, 1.82) is 0 Å². The van der Waals surface area contributed by atoms with Gasteiger partial charge in [0.2, 0.25) is 5.91 Å². The molecule has 1 fully saturated rings. The molecule has 21 heavy (non-hydrogen) atoms. The van der Waals surface area contributed by atoms with E-state index in [4.69, 9.17) is 4.42 Å². The predicted octanol–water partition coefficient (Wildman–Crippen LogP) is 3.89. The van der Waals surface area contributed by atoms with E-state index in [1.54, 1.807) is 12.2 Å². The Kier molecular flexibility index (Phi) is 4.28. The minimum absolute atomic E-state index is 0.0395. The number of carbonyl (C=O) groups excluding carboxylic acids is 1. The summed E-state index contributed by atoms with van der Waals surface area (Å²) in [7, 11) is 0. The van der Waals surface area contributed by atoms with E-state index in [-0.39, 0.29) is 5.91 Å². The number of hydrogen-bond donors (Lipinski definition) is 1. The average molecular weight is 285 g/mol. The second kappa shape index (κ2) is 6.33. The lowest BCUT2D eigenvalue weighted by Crippen LogP contribution is -2.28. The van der Waals surface area contributed by atoms with Gasteiger partial charge in [-0.1, -0.05) is 19.1 Å². The number of rotatable bonds is 5. The van der Waals surface area contributed by atoms with Gasteiger partial charge in [-0.3, -0.25) is 4.79 Å². The first-order valence-corrected chi connectivity index (χ1v) is 7.93. The lowest BCUT2D eigenvalue weighted by Gasteiger charge is -2.17. The summed E-state index contributed by atoms with van der Waals surface area (Å²) in [6, 6.07) is 3.97. The fraction of sp³-hybridized carbons (Fsp3) is 0.500. The molecule has 1 N–H and O–H groups in total. The van der Waals surface area contributed by atoms with Crippen LogP contribution in [0.2, 0.25) is 0 Å². The van der Waals surface area contributed by atoms with Gasteiger partial charge in [0.05, 0.1) is 0 Å². The highest BCUT2D eigenvalue weighted by Gasteiger charge is 2.36. The van der Waals surface area contributed by atoms with Crippen LogP contribution in [0.1, 0.15) is 50.0 Å². The van der Waals surface area contributed by atoms with Crippen LogP contribution in [0.25, 0.3) is 6.08 Å². The molecular formula is C18H23NO2. The van der Waals surface area contributed by atoms with Gasteiger partial charge in [0.1, 0.15) is 11.5 Å². The van der Waals surface area contributed by atoms with Crippen LogP contribution >= 0.6 is 0 Å². The number of furan rings is 1. The number of allylic oxidation sites excluding steroid dienone is 2. The zero-order valence-corrected chi connectivity index (χ0v) is 12.5. The molecule has 3 heteroatoms. The van der Waals surface area contributed by atoms with Gasteiger partial charge in [0, 0.05) is 18.5 Å². The SMILES string of the molecule is CC1CC1c1ccc(/C=C/C(=O)NCC2CC=CCC2)o1. The average Bonchev–Trinajstić information content (AvgIpc) is 3.05. The summed E-state index contributed by atoms with van der Waals surface area (Å²) >= 11 is 0. The molecule has 112 valence electrons. The monoisotopic (exact) mass is 285 g/mol. The smallest absolute Gasteiger partial charge is 0.244 e. The maximum absolute atomic E-state index is 11.8. The molecule has 0 aromatic carbocycles. The van der Waals surface area contributed by atoms with Crippen LogP contribution in [0.3, 0.4) is 0 Å². The van der Waals surface area contributed by atoms with Gasteiger partial charge < -0.3 is 9.73 Å². The van der Waals surface area contributed by atoms with Crippen molar-refractivity contribution in [3.8, 4) is 0 Å². The Hall–Kier alpha value is -1.77. The second-order valence-corrected chi connectivity index (χ2v) is 6.29. The fourth-order valence-corrected chi connectivity index (χ4v) is 2.88. The minimum atomic E-state index is -0.0395. The maximum Gasteiger partial charge on any atom is 0.244 e. The maximum atomic E-state index is 11.8. The zero-order chi connectivity index (χ0) is 14.7. The van der Waals surface area contributed by atoms with E-state index in [0.717, 1.165) is 36.8 Å². The first-order chi connectivity index (χ1) is 10.2. The standard InChI is InChI=1S/C18H23NO2/c1-13-11-16(13)17-9-7-15(21-17)8-10-18(20)19-12-14-5-3-2-4-6-14/h2-3,7-10,13-14,16H,4-6,11-12H2,1H3,(H,19,20)/b10-8+. The first-order valence-electron chi connectivity index (χ1n) is 7.93. The molecule has 2 aliphatic rings. The summed E-state index contributed by atoms with van der Waals surface area (Å²) in [5.74, 6) is 3.68. The van der Waals surface area contributed by atoms with Gasteiger partial charge in [-0.2, -0.15) is 0 Å². The minimum Gasteiger partial charge on any atom is -0.461 e. The summed E-state index contributed by atoms with van der Waals surface area (Å²) in [5.41, 5.74) is 0. The highest BCUT2D eigenvalue weighted by Crippen LogP contribution is 2.47. The van der Waals surface area contributed by atoms with E-state index in [1.165, 1.54) is 12.8 Å². The molecule has 0 aliphatic heterocycles. The molecule has 1 aromatic rings. The number of amides is 1. The Morgan fingerprint density at radius 3 is 3.00 bits per heavy atom. The van der Waals surface area contributed by atoms with E-state index in [9.17, 15) is 4.79 Å². The van der Waals surface area contributed by atoms with E-state index in [2.05, 4.69) is 24.4 Å². The fourth-order valence-electron chi connectivity index (χ4n) is 2.88. The van der Waals surface area contributed by atoms with Gasteiger partial charge in [0.25, 0.3) is 0 Å². The van der Waals surface area contributed by atoms with E-state index < -0.39 is 0 Å². The summed E-state index contributed by atoms with van der Waals surface area (Å²) in [4.78, 5) is 11.8. The van der Waals surface area contributed by atoms with Crippen molar-refractivity contribution in [1.82, 2.24) is 5.32 Å². The summed E-state index contributed by atoms with van der Waals surface area (Å²) < 4.78 is 5.75. The molecule has 0 radical (unpaired) electrons. The Balaban J connectivity index is 1.45. The second-order valence-electron chi connectivity index (χ2n) is 6.29. The van der Waals surface area contributed by atoms with Crippen molar-refractivity contribution < 1.29 is 9.21 Å². The van der Waals surface area contributed by atoms with E-state index in [1.807, 2.05) is 12.1 Å². The third kappa shape index (κ3) is 3.87. The molecule has 0 saturated heterocycles. The van der Waals surface area contributed by atoms with Crippen molar-refractivity contribution in [2.45, 2.75) is 38.5 Å². The molecular weight excluding hydrogens is 262 g/mol. The molecule has 1 amide bonds. The van der Waals surface area contributed by atoms with Crippen LogP contribution in [0, 0.1) is 11.8 Å². The van der Waals surface area contributed by atoms with Gasteiger partial charge >= 0.3 is 0 Å². The van der Waals surface area contributed by atoms with Crippen molar-refractivity contribution in [3.63, 3.8) is 0 Å². The molecule has 1 heterocycles. The van der Waals surface area contributed by atoms with E-state index in [0.29, 0.717) is 11.8 Å². The molecule has 2 aliphatic carbocycles. The molecule has 3 atom stereocenters. The van der Waals surface area contributed by atoms with Gasteiger partial charge in [0.15, 0.2) is 0 Å². The lowest BCUT2D eigenvalue weighted by atomic mass is 9.94. The zero-order valence-electron chi connectivity index (χ0n) is 12.5. The molecule has 1 aromatic heterocycles. The molecule has 3 unspecified atom stereocenters. The van der Waals surface area contributed by atoms with Crippen molar-refractivity contribution in [2.75, 3.05) is 6.54 Å². The lowest BCUT2D eigenvalue weighted by molar-refractivity contribution is -0.116. The van der Waals surface area contributed by atoms with Crippen LogP contribution in [0.5, 0.6) is 0 Å². The molecule has 0 bridgehead atoms. The van der Waals surface area contributed by atoms with Gasteiger partial charge in [-0.15, -0.1) is 0 Å².